The predicted octanol–water partition coefficient (Wildman–Crippen LogP) is 0.688. The number of carbonyl (C=O) groups is 1. The molecule has 0 radical (unpaired) electrons. The summed E-state index contributed by atoms with van der Waals surface area (Å²) in [6.45, 7) is 2.23. The van der Waals surface area contributed by atoms with Gasteiger partial charge in [-0.15, -0.1) is 0 Å². The largest absolute Gasteiger partial charge is 0.468 e. The van der Waals surface area contributed by atoms with E-state index < -0.39 is 0 Å². The number of carbonyl (C=O) groups excluding carboxylic acids is 1. The molecule has 2 atom stereocenters. The monoisotopic (exact) mass is 239 g/mol. The molecule has 0 aliphatic carbocycles. The number of furan rings is 1. The van der Waals surface area contributed by atoms with Crippen LogP contribution in [0.2, 0.25) is 0 Å². The molecule has 1 amide bonds. The van der Waals surface area contributed by atoms with Gasteiger partial charge in [0.2, 0.25) is 5.91 Å². The first-order chi connectivity index (χ1) is 7.93. The maximum atomic E-state index is 11.7. The van der Waals surface area contributed by atoms with Crippen molar-refractivity contribution in [2.75, 3.05) is 27.7 Å². The number of hydrogen-bond donors (Lipinski definition) is 1. The molecule has 0 saturated heterocycles. The Labute approximate surface area is 102 Å². The summed E-state index contributed by atoms with van der Waals surface area (Å²) in [5.74, 6) is 0.832. The first kappa shape index (κ1) is 13.7. The first-order valence-corrected chi connectivity index (χ1v) is 5.63. The lowest BCUT2D eigenvalue weighted by molar-refractivity contribution is -0.130. The lowest BCUT2D eigenvalue weighted by Crippen LogP contribution is -2.42. The molecule has 0 bridgehead atoms. The van der Waals surface area contributed by atoms with E-state index in [2.05, 4.69) is 0 Å². The van der Waals surface area contributed by atoms with E-state index in [4.69, 9.17) is 10.2 Å². The van der Waals surface area contributed by atoms with Crippen LogP contribution in [0.15, 0.2) is 22.8 Å². The van der Waals surface area contributed by atoms with Gasteiger partial charge in [0.05, 0.1) is 18.8 Å². The highest BCUT2D eigenvalue weighted by molar-refractivity contribution is 5.77. The van der Waals surface area contributed by atoms with Crippen molar-refractivity contribution in [3.05, 3.63) is 24.2 Å². The highest BCUT2D eigenvalue weighted by Crippen LogP contribution is 2.22. The number of rotatable bonds is 5. The highest BCUT2D eigenvalue weighted by atomic mass is 16.3. The quantitative estimate of drug-likeness (QED) is 0.821. The van der Waals surface area contributed by atoms with E-state index in [1.807, 2.05) is 31.0 Å². The fourth-order valence-electron chi connectivity index (χ4n) is 1.79. The van der Waals surface area contributed by atoms with Crippen LogP contribution in [0.1, 0.15) is 18.7 Å². The molecule has 1 heterocycles. The van der Waals surface area contributed by atoms with Crippen molar-refractivity contribution in [2.45, 2.75) is 19.0 Å². The first-order valence-electron chi connectivity index (χ1n) is 5.63. The van der Waals surface area contributed by atoms with E-state index in [1.165, 1.54) is 0 Å². The van der Waals surface area contributed by atoms with Crippen LogP contribution in [-0.4, -0.2) is 49.4 Å². The van der Waals surface area contributed by atoms with Gasteiger partial charge in [0.1, 0.15) is 5.76 Å². The second kappa shape index (κ2) is 5.84. The van der Waals surface area contributed by atoms with Gasteiger partial charge in [-0.3, -0.25) is 9.69 Å². The molecular formula is C12H21N3O2. The minimum absolute atomic E-state index is 0.0460. The van der Waals surface area contributed by atoms with Gasteiger partial charge in [-0.2, -0.15) is 0 Å². The van der Waals surface area contributed by atoms with Crippen molar-refractivity contribution >= 4 is 5.91 Å². The maximum absolute atomic E-state index is 11.7. The minimum Gasteiger partial charge on any atom is -0.468 e. The van der Waals surface area contributed by atoms with E-state index in [1.54, 1.807) is 25.3 Å². The van der Waals surface area contributed by atoms with Crippen molar-refractivity contribution < 1.29 is 9.21 Å². The molecular weight excluding hydrogens is 218 g/mol. The summed E-state index contributed by atoms with van der Waals surface area (Å²) in [5.41, 5.74) is 5.95. The van der Waals surface area contributed by atoms with Crippen LogP contribution < -0.4 is 5.73 Å². The average molecular weight is 239 g/mol. The lowest BCUT2D eigenvalue weighted by atomic mass is 10.1. The molecule has 1 rings (SSSR count). The molecule has 0 fully saturated rings. The van der Waals surface area contributed by atoms with Crippen molar-refractivity contribution in [1.29, 1.82) is 0 Å². The fourth-order valence-corrected chi connectivity index (χ4v) is 1.79. The Morgan fingerprint density at radius 2 is 2.12 bits per heavy atom. The summed E-state index contributed by atoms with van der Waals surface area (Å²) < 4.78 is 5.37. The van der Waals surface area contributed by atoms with Gasteiger partial charge in [-0.25, -0.2) is 0 Å². The molecule has 2 unspecified atom stereocenters. The molecule has 17 heavy (non-hydrogen) atoms. The SMILES string of the molecule is CC(N)C(c1ccco1)N(C)CC(=O)N(C)C. The van der Waals surface area contributed by atoms with Crippen LogP contribution in [0, 0.1) is 0 Å². The molecule has 2 N–H and O–H groups in total. The summed E-state index contributed by atoms with van der Waals surface area (Å²) >= 11 is 0. The fraction of sp³-hybridized carbons (Fsp3) is 0.583. The van der Waals surface area contributed by atoms with Gasteiger partial charge >= 0.3 is 0 Å². The van der Waals surface area contributed by atoms with Gasteiger partial charge in [0.25, 0.3) is 0 Å². The summed E-state index contributed by atoms with van der Waals surface area (Å²) in [6.07, 6.45) is 1.62. The minimum atomic E-state index is -0.110. The molecule has 0 aliphatic heterocycles. The van der Waals surface area contributed by atoms with Crippen molar-refractivity contribution in [2.24, 2.45) is 5.73 Å². The molecule has 0 aromatic carbocycles. The zero-order valence-corrected chi connectivity index (χ0v) is 10.9. The second-order valence-corrected chi connectivity index (χ2v) is 4.52. The Kier molecular flexibility index (Phi) is 4.72. The molecule has 5 heteroatoms. The van der Waals surface area contributed by atoms with E-state index >= 15 is 0 Å². The zero-order chi connectivity index (χ0) is 13.0. The van der Waals surface area contributed by atoms with Crippen LogP contribution >= 0.6 is 0 Å². The summed E-state index contributed by atoms with van der Waals surface area (Å²) in [6, 6.07) is 3.51. The maximum Gasteiger partial charge on any atom is 0.236 e. The molecule has 0 saturated carbocycles. The zero-order valence-electron chi connectivity index (χ0n) is 10.9. The second-order valence-electron chi connectivity index (χ2n) is 4.52. The van der Waals surface area contributed by atoms with Gasteiger partial charge in [0, 0.05) is 20.1 Å². The number of nitrogens with two attached hydrogens (primary N) is 1. The smallest absolute Gasteiger partial charge is 0.236 e. The van der Waals surface area contributed by atoms with Gasteiger partial charge in [-0.05, 0) is 26.1 Å². The van der Waals surface area contributed by atoms with E-state index in [0.29, 0.717) is 6.54 Å². The Balaban J connectivity index is 2.75. The third kappa shape index (κ3) is 3.57. The normalized spacial score (nSPS) is 14.7. The van der Waals surface area contributed by atoms with E-state index in [9.17, 15) is 4.79 Å². The van der Waals surface area contributed by atoms with Crippen molar-refractivity contribution in [1.82, 2.24) is 9.80 Å². The number of likely N-dealkylation sites (N-methyl/N-ethyl adjacent to an activating group) is 2. The van der Waals surface area contributed by atoms with Crippen LogP contribution in [0.5, 0.6) is 0 Å². The molecule has 0 aliphatic rings. The third-order valence-electron chi connectivity index (χ3n) is 2.69. The molecule has 1 aromatic heterocycles. The summed E-state index contributed by atoms with van der Waals surface area (Å²) in [5, 5.41) is 0. The number of amides is 1. The van der Waals surface area contributed by atoms with Crippen molar-refractivity contribution in [3.8, 4) is 0 Å². The number of hydrogen-bond acceptors (Lipinski definition) is 4. The molecule has 96 valence electrons. The van der Waals surface area contributed by atoms with Crippen LogP contribution in [0.4, 0.5) is 0 Å². The predicted molar refractivity (Wildman–Crippen MR) is 66.4 cm³/mol. The van der Waals surface area contributed by atoms with Gasteiger partial charge in [-0.1, -0.05) is 0 Å². The lowest BCUT2D eigenvalue weighted by Gasteiger charge is -2.29. The molecule has 0 spiro atoms. The van der Waals surface area contributed by atoms with Gasteiger partial charge in [0.15, 0.2) is 0 Å². The summed E-state index contributed by atoms with van der Waals surface area (Å²) in [4.78, 5) is 15.1. The Bertz CT molecular complexity index is 347. The topological polar surface area (TPSA) is 62.7 Å². The highest BCUT2D eigenvalue weighted by Gasteiger charge is 2.25. The standard InChI is InChI=1S/C12H21N3O2/c1-9(13)12(10-6-5-7-17-10)15(4)8-11(16)14(2)3/h5-7,9,12H,8,13H2,1-4H3. The van der Waals surface area contributed by atoms with Crippen LogP contribution in [0.3, 0.4) is 0 Å². The molecule has 5 nitrogen and oxygen atoms in total. The average Bonchev–Trinajstić information content (AvgIpc) is 2.70. The van der Waals surface area contributed by atoms with Gasteiger partial charge < -0.3 is 15.1 Å². The molecule has 1 aromatic rings. The van der Waals surface area contributed by atoms with Crippen LogP contribution in [0.25, 0.3) is 0 Å². The van der Waals surface area contributed by atoms with E-state index in [0.717, 1.165) is 5.76 Å². The Morgan fingerprint density at radius 3 is 2.53 bits per heavy atom. The van der Waals surface area contributed by atoms with E-state index in [-0.39, 0.29) is 18.0 Å². The Morgan fingerprint density at radius 1 is 1.47 bits per heavy atom. The van der Waals surface area contributed by atoms with Crippen molar-refractivity contribution in [3.63, 3.8) is 0 Å². The number of nitrogens with zero attached hydrogens (tertiary/aromatic N) is 2. The summed E-state index contributed by atoms with van der Waals surface area (Å²) in [7, 11) is 5.35. The Hall–Kier alpha value is -1.33. The van der Waals surface area contributed by atoms with Crippen LogP contribution in [-0.2, 0) is 4.79 Å². The third-order valence-corrected chi connectivity index (χ3v) is 2.69.